The maximum atomic E-state index is 12.3. The quantitative estimate of drug-likeness (QED) is 0.499. The van der Waals surface area contributed by atoms with Crippen molar-refractivity contribution in [2.45, 2.75) is 39.2 Å². The summed E-state index contributed by atoms with van der Waals surface area (Å²) >= 11 is 0. The van der Waals surface area contributed by atoms with Crippen molar-refractivity contribution in [3.8, 4) is 11.1 Å². The Bertz CT molecular complexity index is 1010. The largest absolute Gasteiger partial charge is 0.481 e. The maximum absolute atomic E-state index is 12.3. The summed E-state index contributed by atoms with van der Waals surface area (Å²) in [4.78, 5) is 35.5. The van der Waals surface area contributed by atoms with E-state index in [9.17, 15) is 14.4 Å². The molecule has 0 bridgehead atoms. The number of amides is 2. The number of nitrogens with one attached hydrogen (secondary N) is 2. The van der Waals surface area contributed by atoms with Gasteiger partial charge < -0.3 is 20.5 Å². The lowest BCUT2D eigenvalue weighted by molar-refractivity contribution is -0.138. The lowest BCUT2D eigenvalue weighted by Gasteiger charge is -2.20. The van der Waals surface area contributed by atoms with E-state index in [-0.39, 0.29) is 37.3 Å². The molecular weight excluding hydrogens is 420 g/mol. The van der Waals surface area contributed by atoms with Gasteiger partial charge in [0.15, 0.2) is 0 Å². The van der Waals surface area contributed by atoms with Crippen LogP contribution in [0.4, 0.5) is 4.79 Å². The molecule has 1 aliphatic rings. The monoisotopic (exact) mass is 450 g/mol. The SMILES string of the molecule is C/C(=C\CNC(=O)OCC1c2ccccc2-c2ccccc21)C(=O)NC(CC(=O)O)C(C)C. The van der Waals surface area contributed by atoms with Gasteiger partial charge in [-0.3, -0.25) is 9.59 Å². The molecule has 1 aliphatic carbocycles. The zero-order chi connectivity index (χ0) is 24.0. The third-order valence-corrected chi connectivity index (χ3v) is 5.87. The Morgan fingerprint density at radius 1 is 1.03 bits per heavy atom. The van der Waals surface area contributed by atoms with E-state index in [2.05, 4.69) is 34.9 Å². The summed E-state index contributed by atoms with van der Waals surface area (Å²) in [5.41, 5.74) is 4.99. The van der Waals surface area contributed by atoms with Gasteiger partial charge in [0.1, 0.15) is 6.61 Å². The Morgan fingerprint density at radius 3 is 2.15 bits per heavy atom. The van der Waals surface area contributed by atoms with Crippen LogP contribution < -0.4 is 10.6 Å². The zero-order valence-electron chi connectivity index (χ0n) is 19.1. The summed E-state index contributed by atoms with van der Waals surface area (Å²) in [6, 6.07) is 15.8. The molecule has 0 spiro atoms. The molecule has 33 heavy (non-hydrogen) atoms. The van der Waals surface area contributed by atoms with Gasteiger partial charge in [0.25, 0.3) is 0 Å². The fourth-order valence-electron chi connectivity index (χ4n) is 3.95. The molecule has 0 fully saturated rings. The molecule has 0 radical (unpaired) electrons. The number of aliphatic carboxylic acids is 1. The number of hydrogen-bond acceptors (Lipinski definition) is 4. The Kier molecular flexibility index (Phi) is 7.87. The second kappa shape index (κ2) is 10.8. The van der Waals surface area contributed by atoms with Crippen molar-refractivity contribution in [1.82, 2.24) is 10.6 Å². The van der Waals surface area contributed by atoms with Gasteiger partial charge >= 0.3 is 12.1 Å². The van der Waals surface area contributed by atoms with Crippen LogP contribution in [0.3, 0.4) is 0 Å². The molecule has 7 nitrogen and oxygen atoms in total. The standard InChI is InChI=1S/C26H30N2O5/c1-16(2)23(14-24(29)30)28-25(31)17(3)12-13-27-26(32)33-15-22-20-10-6-4-8-18(20)19-9-5-7-11-21(19)22/h4-12,16,22-23H,13-15H2,1-3H3,(H,27,32)(H,28,31)(H,29,30)/b17-12+. The molecule has 0 saturated heterocycles. The Morgan fingerprint density at radius 2 is 1.61 bits per heavy atom. The molecule has 0 aromatic heterocycles. The van der Waals surface area contributed by atoms with Crippen molar-refractivity contribution in [1.29, 1.82) is 0 Å². The minimum absolute atomic E-state index is 0.0169. The molecule has 174 valence electrons. The fourth-order valence-corrected chi connectivity index (χ4v) is 3.95. The Balaban J connectivity index is 1.51. The molecule has 3 rings (SSSR count). The van der Waals surface area contributed by atoms with Crippen LogP contribution in [0.1, 0.15) is 44.2 Å². The van der Waals surface area contributed by atoms with Crippen LogP contribution in [0.15, 0.2) is 60.2 Å². The third-order valence-electron chi connectivity index (χ3n) is 5.87. The highest BCUT2D eigenvalue weighted by atomic mass is 16.5. The van der Waals surface area contributed by atoms with Gasteiger partial charge in [0.05, 0.1) is 6.42 Å². The number of alkyl carbamates (subject to hydrolysis) is 1. The normalized spacial score (nSPS) is 13.8. The van der Waals surface area contributed by atoms with E-state index in [1.807, 2.05) is 38.1 Å². The van der Waals surface area contributed by atoms with Gasteiger partial charge in [0, 0.05) is 24.1 Å². The number of carboxylic acids is 1. The predicted octanol–water partition coefficient (Wildman–Crippen LogP) is 4.09. The van der Waals surface area contributed by atoms with Crippen molar-refractivity contribution < 1.29 is 24.2 Å². The molecule has 2 aromatic rings. The summed E-state index contributed by atoms with van der Waals surface area (Å²) < 4.78 is 5.48. The van der Waals surface area contributed by atoms with E-state index in [0.29, 0.717) is 5.57 Å². The topological polar surface area (TPSA) is 105 Å². The summed E-state index contributed by atoms with van der Waals surface area (Å²) in [7, 11) is 0. The van der Waals surface area contributed by atoms with Crippen LogP contribution in [0.5, 0.6) is 0 Å². The highest BCUT2D eigenvalue weighted by molar-refractivity contribution is 5.93. The molecule has 1 unspecified atom stereocenters. The molecule has 3 N–H and O–H groups in total. The number of hydrogen-bond donors (Lipinski definition) is 3. The van der Waals surface area contributed by atoms with Gasteiger partial charge in [-0.05, 0) is 35.1 Å². The van der Waals surface area contributed by atoms with Crippen LogP contribution in [-0.4, -0.2) is 42.3 Å². The number of carboxylic acid groups (broad SMARTS) is 1. The molecule has 0 heterocycles. The van der Waals surface area contributed by atoms with Crippen LogP contribution in [-0.2, 0) is 14.3 Å². The molecule has 0 saturated carbocycles. The van der Waals surface area contributed by atoms with Crippen molar-refractivity contribution >= 4 is 18.0 Å². The van der Waals surface area contributed by atoms with Crippen molar-refractivity contribution in [3.63, 3.8) is 0 Å². The first-order valence-corrected chi connectivity index (χ1v) is 11.1. The summed E-state index contributed by atoms with van der Waals surface area (Å²) in [6.07, 6.45) is 0.871. The average molecular weight is 451 g/mol. The van der Waals surface area contributed by atoms with Crippen molar-refractivity contribution in [3.05, 3.63) is 71.3 Å². The average Bonchev–Trinajstić information content (AvgIpc) is 3.10. The summed E-state index contributed by atoms with van der Waals surface area (Å²) in [5.74, 6) is -1.36. The smallest absolute Gasteiger partial charge is 0.407 e. The second-order valence-electron chi connectivity index (χ2n) is 8.52. The second-order valence-corrected chi connectivity index (χ2v) is 8.52. The van der Waals surface area contributed by atoms with Crippen LogP contribution in [0.25, 0.3) is 11.1 Å². The number of carbonyl (C=O) groups is 3. The molecule has 1 atom stereocenters. The highest BCUT2D eigenvalue weighted by Gasteiger charge is 2.29. The number of rotatable bonds is 9. The number of benzene rings is 2. The fraction of sp³-hybridized carbons (Fsp3) is 0.346. The van der Waals surface area contributed by atoms with E-state index in [1.54, 1.807) is 13.0 Å². The highest BCUT2D eigenvalue weighted by Crippen LogP contribution is 2.44. The zero-order valence-corrected chi connectivity index (χ0v) is 19.1. The number of fused-ring (bicyclic) bond motifs is 3. The third kappa shape index (κ3) is 6.00. The van der Waals surface area contributed by atoms with E-state index in [4.69, 9.17) is 9.84 Å². The summed E-state index contributed by atoms with van der Waals surface area (Å²) in [5, 5.41) is 14.4. The van der Waals surface area contributed by atoms with E-state index < -0.39 is 18.1 Å². The lowest BCUT2D eigenvalue weighted by Crippen LogP contribution is -2.40. The van der Waals surface area contributed by atoms with Crippen LogP contribution in [0.2, 0.25) is 0 Å². The van der Waals surface area contributed by atoms with Crippen LogP contribution >= 0.6 is 0 Å². The first-order chi connectivity index (χ1) is 15.8. The van der Waals surface area contributed by atoms with Gasteiger partial charge in [-0.25, -0.2) is 4.79 Å². The summed E-state index contributed by atoms with van der Waals surface area (Å²) in [6.45, 7) is 5.67. The van der Waals surface area contributed by atoms with Gasteiger partial charge in [-0.2, -0.15) is 0 Å². The predicted molar refractivity (Wildman–Crippen MR) is 126 cm³/mol. The van der Waals surface area contributed by atoms with E-state index >= 15 is 0 Å². The van der Waals surface area contributed by atoms with E-state index in [0.717, 1.165) is 22.3 Å². The Labute approximate surface area is 193 Å². The Hall–Kier alpha value is -3.61. The van der Waals surface area contributed by atoms with E-state index in [1.165, 1.54) is 0 Å². The van der Waals surface area contributed by atoms with Gasteiger partial charge in [-0.15, -0.1) is 0 Å². The molecule has 2 amide bonds. The molecule has 2 aromatic carbocycles. The van der Waals surface area contributed by atoms with Gasteiger partial charge in [0.2, 0.25) is 5.91 Å². The molecular formula is C26H30N2O5. The minimum atomic E-state index is -0.965. The maximum Gasteiger partial charge on any atom is 0.407 e. The van der Waals surface area contributed by atoms with Crippen LogP contribution in [0, 0.1) is 5.92 Å². The van der Waals surface area contributed by atoms with Crippen molar-refractivity contribution in [2.24, 2.45) is 5.92 Å². The first-order valence-electron chi connectivity index (χ1n) is 11.1. The number of ether oxygens (including phenoxy) is 1. The molecule has 7 heteroatoms. The minimum Gasteiger partial charge on any atom is -0.481 e. The lowest BCUT2D eigenvalue weighted by atomic mass is 9.98. The number of carbonyl (C=O) groups excluding carboxylic acids is 2. The molecule has 0 aliphatic heterocycles. The first kappa shape index (κ1) is 24.0. The van der Waals surface area contributed by atoms with Crippen molar-refractivity contribution in [2.75, 3.05) is 13.2 Å². The van der Waals surface area contributed by atoms with Gasteiger partial charge in [-0.1, -0.05) is 68.5 Å².